The third-order valence-electron chi connectivity index (χ3n) is 4.69. The summed E-state index contributed by atoms with van der Waals surface area (Å²) >= 11 is 3.57. The van der Waals surface area contributed by atoms with Gasteiger partial charge in [-0.3, -0.25) is 4.90 Å². The average molecular weight is 323 g/mol. The van der Waals surface area contributed by atoms with Crippen LogP contribution >= 0.6 is 15.9 Å². The molecule has 1 aliphatic carbocycles. The molecule has 2 atom stereocenters. The first-order valence-corrected chi connectivity index (χ1v) is 8.33. The van der Waals surface area contributed by atoms with Crippen LogP contribution < -0.4 is 5.32 Å². The molecule has 0 bridgehead atoms. The Balaban J connectivity index is 1.61. The maximum Gasteiger partial charge on any atom is 0.0326 e. The summed E-state index contributed by atoms with van der Waals surface area (Å²) in [7, 11) is 0. The summed E-state index contributed by atoms with van der Waals surface area (Å²) in [6.45, 7) is 5.91. The Morgan fingerprint density at radius 2 is 2.26 bits per heavy atom. The first-order valence-electron chi connectivity index (χ1n) is 7.53. The molecule has 3 heteroatoms. The van der Waals surface area contributed by atoms with Gasteiger partial charge in [0.15, 0.2) is 0 Å². The Kier molecular flexibility index (Phi) is 4.25. The van der Waals surface area contributed by atoms with Gasteiger partial charge in [0.1, 0.15) is 0 Å². The molecule has 0 spiro atoms. The molecule has 3 rings (SSSR count). The van der Waals surface area contributed by atoms with Crippen LogP contribution in [-0.2, 0) is 6.42 Å². The highest BCUT2D eigenvalue weighted by Gasteiger charge is 2.26. The van der Waals surface area contributed by atoms with E-state index in [1.54, 1.807) is 0 Å². The van der Waals surface area contributed by atoms with E-state index in [0.29, 0.717) is 6.04 Å². The van der Waals surface area contributed by atoms with E-state index in [1.807, 2.05) is 0 Å². The number of aryl methyl sites for hydroxylation is 1. The van der Waals surface area contributed by atoms with Gasteiger partial charge in [-0.15, -0.1) is 0 Å². The van der Waals surface area contributed by atoms with Crippen LogP contribution in [0.4, 0.5) is 0 Å². The highest BCUT2D eigenvalue weighted by Crippen LogP contribution is 2.33. The molecule has 1 heterocycles. The molecule has 2 unspecified atom stereocenters. The molecule has 0 radical (unpaired) electrons. The van der Waals surface area contributed by atoms with Gasteiger partial charge in [0.2, 0.25) is 0 Å². The minimum absolute atomic E-state index is 0.572. The van der Waals surface area contributed by atoms with E-state index in [0.717, 1.165) is 12.6 Å². The van der Waals surface area contributed by atoms with Gasteiger partial charge < -0.3 is 5.32 Å². The number of hydrogen-bond acceptors (Lipinski definition) is 2. The summed E-state index contributed by atoms with van der Waals surface area (Å²) in [4.78, 5) is 2.62. The Morgan fingerprint density at radius 3 is 3.11 bits per heavy atom. The maximum absolute atomic E-state index is 3.81. The van der Waals surface area contributed by atoms with Crippen molar-refractivity contribution in [2.24, 2.45) is 0 Å². The van der Waals surface area contributed by atoms with E-state index in [2.05, 4.69) is 51.3 Å². The number of nitrogens with one attached hydrogen (secondary N) is 1. The second-order valence-corrected chi connectivity index (χ2v) is 6.68. The molecule has 1 aliphatic heterocycles. The molecule has 19 heavy (non-hydrogen) atoms. The van der Waals surface area contributed by atoms with Gasteiger partial charge in [-0.25, -0.2) is 0 Å². The van der Waals surface area contributed by atoms with Crippen LogP contribution in [0.3, 0.4) is 0 Å². The van der Waals surface area contributed by atoms with Crippen molar-refractivity contribution in [2.75, 3.05) is 19.6 Å². The molecule has 1 fully saturated rings. The van der Waals surface area contributed by atoms with Crippen molar-refractivity contribution in [3.8, 4) is 0 Å². The van der Waals surface area contributed by atoms with E-state index < -0.39 is 0 Å². The first kappa shape index (κ1) is 13.6. The predicted molar refractivity (Wildman–Crippen MR) is 83.5 cm³/mol. The second-order valence-electron chi connectivity index (χ2n) is 5.77. The van der Waals surface area contributed by atoms with Crippen molar-refractivity contribution >= 4 is 15.9 Å². The molecular formula is C16H23BrN2. The van der Waals surface area contributed by atoms with Gasteiger partial charge >= 0.3 is 0 Å². The van der Waals surface area contributed by atoms with Gasteiger partial charge in [-0.1, -0.05) is 28.9 Å². The van der Waals surface area contributed by atoms with E-state index in [4.69, 9.17) is 0 Å². The molecule has 0 aromatic heterocycles. The number of halogens is 1. The second kappa shape index (κ2) is 5.94. The molecular weight excluding hydrogens is 300 g/mol. The highest BCUT2D eigenvalue weighted by atomic mass is 79.9. The molecule has 1 aromatic carbocycles. The standard InChI is InChI=1S/C16H23BrN2/c1-2-19-9-3-4-14(19)11-18-16-8-5-12-10-13(17)6-7-15(12)16/h6-7,10,14,16,18H,2-5,8-9,11H2,1H3. The lowest BCUT2D eigenvalue weighted by molar-refractivity contribution is 0.253. The summed E-state index contributed by atoms with van der Waals surface area (Å²) < 4.78 is 1.21. The summed E-state index contributed by atoms with van der Waals surface area (Å²) in [5.74, 6) is 0. The maximum atomic E-state index is 3.81. The molecule has 0 amide bonds. The van der Waals surface area contributed by atoms with E-state index in [-0.39, 0.29) is 0 Å². The third kappa shape index (κ3) is 2.88. The Hall–Kier alpha value is -0.380. The van der Waals surface area contributed by atoms with Crippen LogP contribution in [-0.4, -0.2) is 30.6 Å². The predicted octanol–water partition coefficient (Wildman–Crippen LogP) is 3.51. The van der Waals surface area contributed by atoms with Crippen molar-refractivity contribution in [2.45, 2.75) is 44.7 Å². The Morgan fingerprint density at radius 1 is 1.37 bits per heavy atom. The number of rotatable bonds is 4. The zero-order valence-corrected chi connectivity index (χ0v) is 13.2. The first-order chi connectivity index (χ1) is 9.28. The molecule has 104 valence electrons. The number of nitrogens with zero attached hydrogens (tertiary/aromatic N) is 1. The SMILES string of the molecule is CCN1CCCC1CNC1CCc2cc(Br)ccc21. The fourth-order valence-corrected chi connectivity index (χ4v) is 4.03. The minimum Gasteiger partial charge on any atom is -0.308 e. The summed E-state index contributed by atoms with van der Waals surface area (Å²) in [5.41, 5.74) is 3.04. The van der Waals surface area contributed by atoms with Gasteiger partial charge in [-0.2, -0.15) is 0 Å². The minimum atomic E-state index is 0.572. The lowest BCUT2D eigenvalue weighted by Crippen LogP contribution is -2.38. The average Bonchev–Trinajstić information content (AvgIpc) is 3.01. The molecule has 1 N–H and O–H groups in total. The fraction of sp³-hybridized carbons (Fsp3) is 0.625. The van der Waals surface area contributed by atoms with E-state index in [9.17, 15) is 0 Å². The lowest BCUT2D eigenvalue weighted by atomic mass is 10.1. The van der Waals surface area contributed by atoms with Crippen molar-refractivity contribution in [1.82, 2.24) is 10.2 Å². The Labute approximate surface area is 124 Å². The van der Waals surface area contributed by atoms with Crippen molar-refractivity contribution in [1.29, 1.82) is 0 Å². The van der Waals surface area contributed by atoms with Crippen LogP contribution in [0.2, 0.25) is 0 Å². The number of likely N-dealkylation sites (N-methyl/N-ethyl adjacent to an activating group) is 1. The third-order valence-corrected chi connectivity index (χ3v) is 5.18. The normalized spacial score (nSPS) is 26.8. The number of likely N-dealkylation sites (tertiary alicyclic amines) is 1. The molecule has 1 saturated heterocycles. The molecule has 2 nitrogen and oxygen atoms in total. The zero-order chi connectivity index (χ0) is 13.2. The number of fused-ring (bicyclic) bond motifs is 1. The van der Waals surface area contributed by atoms with Gasteiger partial charge in [0, 0.05) is 23.1 Å². The van der Waals surface area contributed by atoms with Crippen LogP contribution in [0.15, 0.2) is 22.7 Å². The van der Waals surface area contributed by atoms with Crippen molar-refractivity contribution in [3.63, 3.8) is 0 Å². The number of benzene rings is 1. The monoisotopic (exact) mass is 322 g/mol. The van der Waals surface area contributed by atoms with Crippen LogP contribution in [0.25, 0.3) is 0 Å². The quantitative estimate of drug-likeness (QED) is 0.912. The summed E-state index contributed by atoms with van der Waals surface area (Å²) in [6.07, 6.45) is 5.20. The Bertz CT molecular complexity index is 446. The van der Waals surface area contributed by atoms with Crippen LogP contribution in [0.5, 0.6) is 0 Å². The van der Waals surface area contributed by atoms with Gasteiger partial charge in [0.25, 0.3) is 0 Å². The lowest BCUT2D eigenvalue weighted by Gasteiger charge is -2.25. The van der Waals surface area contributed by atoms with Crippen molar-refractivity contribution in [3.05, 3.63) is 33.8 Å². The van der Waals surface area contributed by atoms with Gasteiger partial charge in [-0.05, 0) is 62.0 Å². The number of hydrogen-bond donors (Lipinski definition) is 1. The zero-order valence-electron chi connectivity index (χ0n) is 11.7. The summed E-state index contributed by atoms with van der Waals surface area (Å²) in [6, 6.07) is 8.07. The smallest absolute Gasteiger partial charge is 0.0326 e. The molecule has 1 aromatic rings. The molecule has 0 saturated carbocycles. The van der Waals surface area contributed by atoms with Crippen LogP contribution in [0.1, 0.15) is 43.4 Å². The van der Waals surface area contributed by atoms with Crippen molar-refractivity contribution < 1.29 is 0 Å². The van der Waals surface area contributed by atoms with E-state index in [1.165, 1.54) is 54.4 Å². The molecule has 2 aliphatic rings. The topological polar surface area (TPSA) is 15.3 Å². The largest absolute Gasteiger partial charge is 0.308 e. The van der Waals surface area contributed by atoms with E-state index >= 15 is 0 Å². The van der Waals surface area contributed by atoms with Gasteiger partial charge in [0.05, 0.1) is 0 Å². The summed E-state index contributed by atoms with van der Waals surface area (Å²) in [5, 5.41) is 3.81. The fourth-order valence-electron chi connectivity index (χ4n) is 3.62. The van der Waals surface area contributed by atoms with Crippen LogP contribution in [0, 0.1) is 0 Å². The highest BCUT2D eigenvalue weighted by molar-refractivity contribution is 9.10.